The van der Waals surface area contributed by atoms with Gasteiger partial charge in [0.2, 0.25) is 0 Å². The summed E-state index contributed by atoms with van der Waals surface area (Å²) in [5.74, 6) is 0.259. The predicted molar refractivity (Wildman–Crippen MR) is 60.7 cm³/mol. The Morgan fingerprint density at radius 2 is 1.71 bits per heavy atom. The van der Waals surface area contributed by atoms with Gasteiger partial charge in [-0.25, -0.2) is 0 Å². The standard InChI is InChI=1S/C11H16O2S/c1-7-4-3-5-8(2)10(7)11(13)9(12)6-14/h3-5,9,11-14H,6H2,1-2H3. The number of aryl methyl sites for hydroxylation is 2. The first kappa shape index (κ1) is 11.6. The van der Waals surface area contributed by atoms with Crippen LogP contribution in [0.4, 0.5) is 0 Å². The lowest BCUT2D eigenvalue weighted by Gasteiger charge is -2.20. The first-order chi connectivity index (χ1) is 6.57. The van der Waals surface area contributed by atoms with Crippen molar-refractivity contribution in [1.29, 1.82) is 0 Å². The third-order valence-corrected chi connectivity index (χ3v) is 2.76. The second-order valence-corrected chi connectivity index (χ2v) is 3.87. The zero-order valence-electron chi connectivity index (χ0n) is 8.44. The van der Waals surface area contributed by atoms with Gasteiger partial charge in [-0.3, -0.25) is 0 Å². The summed E-state index contributed by atoms with van der Waals surface area (Å²) >= 11 is 3.96. The number of hydrogen-bond acceptors (Lipinski definition) is 3. The van der Waals surface area contributed by atoms with Gasteiger partial charge in [-0.2, -0.15) is 12.6 Å². The Morgan fingerprint density at radius 1 is 1.21 bits per heavy atom. The van der Waals surface area contributed by atoms with Gasteiger partial charge in [0.25, 0.3) is 0 Å². The molecule has 0 aromatic heterocycles. The van der Waals surface area contributed by atoms with E-state index in [2.05, 4.69) is 12.6 Å². The van der Waals surface area contributed by atoms with E-state index < -0.39 is 12.2 Å². The van der Waals surface area contributed by atoms with E-state index in [1.165, 1.54) is 0 Å². The third-order valence-electron chi connectivity index (χ3n) is 2.39. The van der Waals surface area contributed by atoms with Gasteiger partial charge < -0.3 is 10.2 Å². The average Bonchev–Trinajstić information content (AvgIpc) is 2.16. The van der Waals surface area contributed by atoms with E-state index in [1.807, 2.05) is 32.0 Å². The van der Waals surface area contributed by atoms with Crippen molar-refractivity contribution in [1.82, 2.24) is 0 Å². The molecule has 14 heavy (non-hydrogen) atoms. The molecule has 2 atom stereocenters. The van der Waals surface area contributed by atoms with E-state index in [1.54, 1.807) is 0 Å². The molecule has 0 bridgehead atoms. The lowest BCUT2D eigenvalue weighted by molar-refractivity contribution is 0.0329. The van der Waals surface area contributed by atoms with Crippen molar-refractivity contribution in [2.45, 2.75) is 26.1 Å². The predicted octanol–water partition coefficient (Wildman–Crippen LogP) is 1.63. The van der Waals surface area contributed by atoms with Crippen LogP contribution in [0.2, 0.25) is 0 Å². The molecule has 0 amide bonds. The first-order valence-electron chi connectivity index (χ1n) is 4.61. The first-order valence-corrected chi connectivity index (χ1v) is 5.24. The van der Waals surface area contributed by atoms with Gasteiger partial charge in [-0.15, -0.1) is 0 Å². The molecule has 0 fully saturated rings. The topological polar surface area (TPSA) is 40.5 Å². The Morgan fingerprint density at radius 3 is 2.14 bits per heavy atom. The Labute approximate surface area is 90.0 Å². The molecule has 0 radical (unpaired) electrons. The number of benzene rings is 1. The van der Waals surface area contributed by atoms with Gasteiger partial charge in [0.05, 0.1) is 6.10 Å². The van der Waals surface area contributed by atoms with Gasteiger partial charge >= 0.3 is 0 Å². The van der Waals surface area contributed by atoms with E-state index in [0.29, 0.717) is 0 Å². The van der Waals surface area contributed by atoms with E-state index in [0.717, 1.165) is 16.7 Å². The van der Waals surface area contributed by atoms with Crippen molar-refractivity contribution in [2.24, 2.45) is 0 Å². The van der Waals surface area contributed by atoms with E-state index >= 15 is 0 Å². The van der Waals surface area contributed by atoms with Crippen LogP contribution in [-0.2, 0) is 0 Å². The summed E-state index contributed by atoms with van der Waals surface area (Å²) in [4.78, 5) is 0. The highest BCUT2D eigenvalue weighted by Crippen LogP contribution is 2.24. The zero-order chi connectivity index (χ0) is 10.7. The Balaban J connectivity index is 3.05. The minimum absolute atomic E-state index is 0.259. The summed E-state index contributed by atoms with van der Waals surface area (Å²) in [6.07, 6.45) is -1.65. The molecule has 0 aliphatic carbocycles. The Hall–Kier alpha value is -0.510. The van der Waals surface area contributed by atoms with Gasteiger partial charge in [0, 0.05) is 5.75 Å². The fourth-order valence-electron chi connectivity index (χ4n) is 1.59. The number of aliphatic hydroxyl groups excluding tert-OH is 2. The summed E-state index contributed by atoms with van der Waals surface area (Å²) < 4.78 is 0. The van der Waals surface area contributed by atoms with Crippen LogP contribution in [0.5, 0.6) is 0 Å². The minimum atomic E-state index is -0.839. The van der Waals surface area contributed by atoms with Gasteiger partial charge in [0.15, 0.2) is 0 Å². The summed E-state index contributed by atoms with van der Waals surface area (Å²) in [6.45, 7) is 3.85. The molecule has 3 heteroatoms. The van der Waals surface area contributed by atoms with Crippen LogP contribution >= 0.6 is 12.6 Å². The van der Waals surface area contributed by atoms with Gasteiger partial charge in [-0.1, -0.05) is 18.2 Å². The molecular weight excluding hydrogens is 196 g/mol. The molecule has 1 aromatic carbocycles. The maximum absolute atomic E-state index is 9.85. The second kappa shape index (κ2) is 4.82. The van der Waals surface area contributed by atoms with Crippen molar-refractivity contribution in [2.75, 3.05) is 5.75 Å². The van der Waals surface area contributed by atoms with Crippen LogP contribution in [0.3, 0.4) is 0 Å². The normalized spacial score (nSPS) is 15.2. The van der Waals surface area contributed by atoms with Crippen LogP contribution in [-0.4, -0.2) is 22.1 Å². The number of hydrogen-bond donors (Lipinski definition) is 3. The molecular formula is C11H16O2S. The molecule has 0 spiro atoms. The monoisotopic (exact) mass is 212 g/mol. The SMILES string of the molecule is Cc1cccc(C)c1C(O)C(O)CS. The second-order valence-electron chi connectivity index (χ2n) is 3.50. The summed E-state index contributed by atoms with van der Waals surface area (Å²) in [5.41, 5.74) is 2.81. The van der Waals surface area contributed by atoms with Gasteiger partial charge in [-0.05, 0) is 30.5 Å². The summed E-state index contributed by atoms with van der Waals surface area (Å²) in [5, 5.41) is 19.4. The highest BCUT2D eigenvalue weighted by atomic mass is 32.1. The average molecular weight is 212 g/mol. The molecule has 2 nitrogen and oxygen atoms in total. The Bertz CT molecular complexity index is 292. The maximum Gasteiger partial charge on any atom is 0.106 e. The highest BCUT2D eigenvalue weighted by molar-refractivity contribution is 7.80. The van der Waals surface area contributed by atoms with Gasteiger partial charge in [0.1, 0.15) is 6.10 Å². The number of aliphatic hydroxyl groups is 2. The van der Waals surface area contributed by atoms with Crippen molar-refractivity contribution < 1.29 is 10.2 Å². The van der Waals surface area contributed by atoms with Crippen LogP contribution in [0, 0.1) is 13.8 Å². The number of thiol groups is 1. The molecule has 78 valence electrons. The number of rotatable bonds is 3. The van der Waals surface area contributed by atoms with Crippen molar-refractivity contribution >= 4 is 12.6 Å². The van der Waals surface area contributed by atoms with Crippen molar-refractivity contribution in [3.8, 4) is 0 Å². The molecule has 2 unspecified atom stereocenters. The van der Waals surface area contributed by atoms with Crippen LogP contribution in [0.1, 0.15) is 22.8 Å². The lowest BCUT2D eigenvalue weighted by Crippen LogP contribution is -2.21. The minimum Gasteiger partial charge on any atom is -0.389 e. The molecule has 1 rings (SSSR count). The highest BCUT2D eigenvalue weighted by Gasteiger charge is 2.19. The van der Waals surface area contributed by atoms with Crippen molar-refractivity contribution in [3.63, 3.8) is 0 Å². The van der Waals surface area contributed by atoms with Crippen LogP contribution in [0.15, 0.2) is 18.2 Å². The Kier molecular flexibility index (Phi) is 3.98. The fourth-order valence-corrected chi connectivity index (χ4v) is 1.79. The van der Waals surface area contributed by atoms with Crippen LogP contribution in [0.25, 0.3) is 0 Å². The van der Waals surface area contributed by atoms with E-state index in [4.69, 9.17) is 0 Å². The molecule has 0 aliphatic heterocycles. The van der Waals surface area contributed by atoms with E-state index in [9.17, 15) is 10.2 Å². The van der Waals surface area contributed by atoms with Crippen LogP contribution < -0.4 is 0 Å². The lowest BCUT2D eigenvalue weighted by atomic mass is 9.95. The smallest absolute Gasteiger partial charge is 0.106 e. The largest absolute Gasteiger partial charge is 0.389 e. The van der Waals surface area contributed by atoms with E-state index in [-0.39, 0.29) is 5.75 Å². The third kappa shape index (κ3) is 2.29. The molecule has 2 N–H and O–H groups in total. The quantitative estimate of drug-likeness (QED) is 0.666. The maximum atomic E-state index is 9.85. The fraction of sp³-hybridized carbons (Fsp3) is 0.455. The molecule has 1 aromatic rings. The molecule has 0 aliphatic rings. The molecule has 0 saturated heterocycles. The molecule has 0 heterocycles. The zero-order valence-corrected chi connectivity index (χ0v) is 9.33. The summed E-state index contributed by atoms with van der Waals surface area (Å²) in [7, 11) is 0. The van der Waals surface area contributed by atoms with Crippen molar-refractivity contribution in [3.05, 3.63) is 34.9 Å². The summed E-state index contributed by atoms with van der Waals surface area (Å²) in [6, 6.07) is 5.79. The molecule has 0 saturated carbocycles.